The lowest BCUT2D eigenvalue weighted by molar-refractivity contribution is -0.157. The number of ether oxygens (including phenoxy) is 2. The summed E-state index contributed by atoms with van der Waals surface area (Å²) in [5.74, 6) is -2.32. The van der Waals surface area contributed by atoms with Crippen LogP contribution in [0.5, 0.6) is 0 Å². The van der Waals surface area contributed by atoms with Crippen LogP contribution in [0.2, 0.25) is 0 Å². The van der Waals surface area contributed by atoms with Gasteiger partial charge in [-0.05, 0) is 38.5 Å². The van der Waals surface area contributed by atoms with Crippen molar-refractivity contribution in [3.8, 4) is 0 Å². The predicted molar refractivity (Wildman–Crippen MR) is 130 cm³/mol. The molecule has 196 valence electrons. The van der Waals surface area contributed by atoms with Crippen molar-refractivity contribution in [2.24, 2.45) is 17.8 Å². The molecule has 3 saturated heterocycles. The molecule has 8 heteroatoms. The van der Waals surface area contributed by atoms with Gasteiger partial charge in [0.25, 0.3) is 0 Å². The van der Waals surface area contributed by atoms with E-state index in [2.05, 4.69) is 6.58 Å². The van der Waals surface area contributed by atoms with Crippen LogP contribution in [-0.4, -0.2) is 82.3 Å². The molecule has 1 saturated carbocycles. The van der Waals surface area contributed by atoms with Crippen LogP contribution in [0.1, 0.15) is 72.1 Å². The summed E-state index contributed by atoms with van der Waals surface area (Å²) in [5, 5.41) is 10.4. The maximum absolute atomic E-state index is 14.5. The second kappa shape index (κ2) is 10.6. The molecule has 3 heterocycles. The number of hydrogen-bond acceptors (Lipinski definition) is 6. The minimum absolute atomic E-state index is 0.0183. The van der Waals surface area contributed by atoms with Gasteiger partial charge in [-0.3, -0.25) is 14.4 Å². The van der Waals surface area contributed by atoms with Crippen LogP contribution >= 0.6 is 0 Å². The van der Waals surface area contributed by atoms with Crippen LogP contribution in [0.25, 0.3) is 0 Å². The van der Waals surface area contributed by atoms with Crippen LogP contribution in [0.4, 0.5) is 0 Å². The number of amides is 2. The van der Waals surface area contributed by atoms with Crippen LogP contribution in [0, 0.1) is 17.8 Å². The number of nitrogens with zero attached hydrogens (tertiary/aromatic N) is 2. The summed E-state index contributed by atoms with van der Waals surface area (Å²) >= 11 is 0. The molecule has 8 nitrogen and oxygen atoms in total. The number of aliphatic hydroxyl groups is 1. The molecule has 0 radical (unpaired) electrons. The van der Waals surface area contributed by atoms with E-state index < -0.39 is 41.6 Å². The van der Waals surface area contributed by atoms with Gasteiger partial charge in [0.1, 0.15) is 11.6 Å². The highest BCUT2D eigenvalue weighted by atomic mass is 16.6. The van der Waals surface area contributed by atoms with Gasteiger partial charge in [0, 0.05) is 12.6 Å². The fraction of sp³-hybridized carbons (Fsp3) is 0.815. The summed E-state index contributed by atoms with van der Waals surface area (Å²) < 4.78 is 11.9. The minimum atomic E-state index is -1.06. The Labute approximate surface area is 209 Å². The molecule has 0 aromatic carbocycles. The first-order chi connectivity index (χ1) is 16.9. The van der Waals surface area contributed by atoms with Gasteiger partial charge in [0.2, 0.25) is 11.8 Å². The number of hydrogen-bond donors (Lipinski definition) is 1. The predicted octanol–water partition coefficient (Wildman–Crippen LogP) is 2.68. The maximum Gasteiger partial charge on any atom is 0.312 e. The van der Waals surface area contributed by atoms with Gasteiger partial charge in [0.15, 0.2) is 0 Å². The van der Waals surface area contributed by atoms with Crippen molar-refractivity contribution in [1.82, 2.24) is 9.80 Å². The summed E-state index contributed by atoms with van der Waals surface area (Å²) in [5.41, 5.74) is -1.06. The first kappa shape index (κ1) is 26.1. The molecule has 0 aromatic heterocycles. The summed E-state index contributed by atoms with van der Waals surface area (Å²) in [7, 11) is 0. The van der Waals surface area contributed by atoms with Gasteiger partial charge in [-0.25, -0.2) is 0 Å². The lowest BCUT2D eigenvalue weighted by Gasteiger charge is -2.43. The standard InChI is InChI=1S/C27H42N2O6/c1-5-15-28(18-11-9-8-10-12-18)25(32)23-27-14-13-20(35-27)21(26(33)34-7-3)22(27)24(31)29(23)19(16-30)17(4)6-2/h5,17-23,30H,1,6-16H2,2-4H3/t17-,19-,20-,21+,22+,23-,27+/m0/s1. The molecule has 3 aliphatic heterocycles. The Morgan fingerprint density at radius 2 is 2.00 bits per heavy atom. The fourth-order valence-corrected chi connectivity index (χ4v) is 7.16. The van der Waals surface area contributed by atoms with Crippen molar-refractivity contribution in [3.63, 3.8) is 0 Å². The minimum Gasteiger partial charge on any atom is -0.466 e. The SMILES string of the molecule is C=CCN(C(=O)[C@@H]1N([C@@H](CO)[C@@H](C)CC)C(=O)[C@H]2[C@H](C(=O)OCC)[C@@H]3CC[C@]12O3)C1CCCCC1. The highest BCUT2D eigenvalue weighted by Crippen LogP contribution is 2.59. The normalized spacial score (nSPS) is 33.9. The number of carbonyl (C=O) groups is 3. The van der Waals surface area contributed by atoms with Gasteiger partial charge in [0.05, 0.1) is 37.2 Å². The van der Waals surface area contributed by atoms with Crippen molar-refractivity contribution in [2.45, 2.75) is 102 Å². The summed E-state index contributed by atoms with van der Waals surface area (Å²) in [6, 6.07) is -1.29. The van der Waals surface area contributed by atoms with Gasteiger partial charge < -0.3 is 24.4 Å². The van der Waals surface area contributed by atoms with Gasteiger partial charge in [-0.1, -0.05) is 45.6 Å². The van der Waals surface area contributed by atoms with Crippen LogP contribution in [0.3, 0.4) is 0 Å². The van der Waals surface area contributed by atoms with E-state index in [4.69, 9.17) is 9.47 Å². The number of likely N-dealkylation sites (tertiary alicyclic amines) is 1. The molecular weight excluding hydrogens is 448 g/mol. The Bertz CT molecular complexity index is 826. The monoisotopic (exact) mass is 490 g/mol. The van der Waals surface area contributed by atoms with Crippen LogP contribution < -0.4 is 0 Å². The third kappa shape index (κ3) is 4.20. The van der Waals surface area contributed by atoms with Crippen LogP contribution in [0.15, 0.2) is 12.7 Å². The Kier molecular flexibility index (Phi) is 7.91. The van der Waals surface area contributed by atoms with E-state index in [1.807, 2.05) is 18.7 Å². The smallest absolute Gasteiger partial charge is 0.312 e. The zero-order valence-corrected chi connectivity index (χ0v) is 21.5. The average Bonchev–Trinajstić information content (AvgIpc) is 3.51. The van der Waals surface area contributed by atoms with E-state index in [0.717, 1.165) is 32.1 Å². The molecule has 35 heavy (non-hydrogen) atoms. The summed E-state index contributed by atoms with van der Waals surface area (Å²) in [6.07, 6.45) is 8.40. The molecule has 7 atom stereocenters. The molecule has 4 rings (SSSR count). The molecular formula is C27H42N2O6. The lowest BCUT2D eigenvalue weighted by Crippen LogP contribution is -2.61. The van der Waals surface area contributed by atoms with Crippen molar-refractivity contribution >= 4 is 17.8 Å². The van der Waals surface area contributed by atoms with E-state index in [0.29, 0.717) is 19.4 Å². The van der Waals surface area contributed by atoms with Crippen molar-refractivity contribution in [3.05, 3.63) is 12.7 Å². The van der Waals surface area contributed by atoms with Gasteiger partial charge in [-0.15, -0.1) is 6.58 Å². The van der Waals surface area contributed by atoms with Gasteiger partial charge in [-0.2, -0.15) is 0 Å². The molecule has 2 amide bonds. The number of fused-ring (bicyclic) bond motifs is 1. The first-order valence-electron chi connectivity index (χ1n) is 13.5. The van der Waals surface area contributed by atoms with E-state index in [1.54, 1.807) is 17.9 Å². The molecule has 4 aliphatic rings. The van der Waals surface area contributed by atoms with Crippen molar-refractivity contribution < 1.29 is 29.0 Å². The maximum atomic E-state index is 14.5. The first-order valence-corrected chi connectivity index (χ1v) is 13.5. The Morgan fingerprint density at radius 3 is 2.60 bits per heavy atom. The number of aliphatic hydroxyl groups excluding tert-OH is 1. The third-order valence-electron chi connectivity index (χ3n) is 9.00. The average molecular weight is 491 g/mol. The molecule has 1 aliphatic carbocycles. The zero-order chi connectivity index (χ0) is 25.3. The van der Waals surface area contributed by atoms with Crippen LogP contribution in [-0.2, 0) is 23.9 Å². The quantitative estimate of drug-likeness (QED) is 0.374. The lowest BCUT2D eigenvalue weighted by atomic mass is 9.70. The fourth-order valence-electron chi connectivity index (χ4n) is 7.16. The highest BCUT2D eigenvalue weighted by molar-refractivity contribution is 5.98. The molecule has 2 bridgehead atoms. The van der Waals surface area contributed by atoms with Crippen molar-refractivity contribution in [1.29, 1.82) is 0 Å². The third-order valence-corrected chi connectivity index (χ3v) is 9.00. The van der Waals surface area contributed by atoms with E-state index in [9.17, 15) is 19.5 Å². The topological polar surface area (TPSA) is 96.4 Å². The Hall–Kier alpha value is -1.93. The Morgan fingerprint density at radius 1 is 1.29 bits per heavy atom. The van der Waals surface area contributed by atoms with E-state index in [1.165, 1.54) is 6.42 Å². The zero-order valence-electron chi connectivity index (χ0n) is 21.5. The number of rotatable bonds is 10. The molecule has 1 spiro atoms. The van der Waals surface area contributed by atoms with E-state index in [-0.39, 0.29) is 37.0 Å². The molecule has 0 unspecified atom stereocenters. The number of esters is 1. The van der Waals surface area contributed by atoms with Gasteiger partial charge >= 0.3 is 5.97 Å². The summed E-state index contributed by atoms with van der Waals surface area (Å²) in [4.78, 5) is 45.0. The highest BCUT2D eigenvalue weighted by Gasteiger charge is 2.75. The molecule has 1 N–H and O–H groups in total. The largest absolute Gasteiger partial charge is 0.466 e. The Balaban J connectivity index is 1.78. The van der Waals surface area contributed by atoms with Crippen molar-refractivity contribution in [2.75, 3.05) is 19.8 Å². The second-order valence-corrected chi connectivity index (χ2v) is 10.8. The molecule has 4 fully saturated rings. The van der Waals surface area contributed by atoms with E-state index >= 15 is 0 Å². The second-order valence-electron chi connectivity index (χ2n) is 10.8. The number of carbonyl (C=O) groups excluding carboxylic acids is 3. The summed E-state index contributed by atoms with van der Waals surface area (Å²) in [6.45, 7) is 10.0. The molecule has 0 aromatic rings.